The number of hydrogen-bond acceptors (Lipinski definition) is 4. The third kappa shape index (κ3) is 4.80. The van der Waals surface area contributed by atoms with E-state index in [0.717, 1.165) is 12.1 Å². The van der Waals surface area contributed by atoms with Crippen molar-refractivity contribution >= 4 is 11.9 Å². The number of hydrogen-bond donors (Lipinski definition) is 2. The summed E-state index contributed by atoms with van der Waals surface area (Å²) in [6, 6.07) is 4.88. The second kappa shape index (κ2) is 7.39. The molecule has 0 saturated carbocycles. The van der Waals surface area contributed by atoms with E-state index in [-0.39, 0.29) is 17.9 Å². The third-order valence-corrected chi connectivity index (χ3v) is 2.85. The molecule has 0 radical (unpaired) electrons. The van der Waals surface area contributed by atoms with Gasteiger partial charge < -0.3 is 19.6 Å². The van der Waals surface area contributed by atoms with Gasteiger partial charge in [0.1, 0.15) is 11.6 Å². The Hall–Kier alpha value is -2.90. The highest BCUT2D eigenvalue weighted by Crippen LogP contribution is 2.19. The Balaban J connectivity index is 1.95. The molecule has 1 atom stereocenters. The molecule has 122 valence electrons. The number of furan rings is 1. The molecule has 0 aliphatic heterocycles. The van der Waals surface area contributed by atoms with Crippen LogP contribution in [0.1, 0.15) is 18.2 Å². The zero-order valence-corrected chi connectivity index (χ0v) is 11.8. The molecule has 0 bridgehead atoms. The number of carbonyl (C=O) groups excluding carboxylic acids is 1. The van der Waals surface area contributed by atoms with E-state index < -0.39 is 36.2 Å². The fraction of sp³-hybridized carbons (Fsp3) is 0.200. The van der Waals surface area contributed by atoms with E-state index in [9.17, 15) is 18.4 Å². The van der Waals surface area contributed by atoms with E-state index in [4.69, 9.17) is 14.3 Å². The summed E-state index contributed by atoms with van der Waals surface area (Å²) < 4.78 is 36.1. The van der Waals surface area contributed by atoms with Crippen LogP contribution in [0.2, 0.25) is 0 Å². The monoisotopic (exact) mass is 325 g/mol. The predicted octanol–water partition coefficient (Wildman–Crippen LogP) is 2.27. The Kier molecular flexibility index (Phi) is 5.29. The first kappa shape index (κ1) is 16.5. The molecule has 1 amide bonds. The van der Waals surface area contributed by atoms with Crippen LogP contribution in [-0.2, 0) is 9.59 Å². The molecule has 0 aliphatic carbocycles. The van der Waals surface area contributed by atoms with Gasteiger partial charge in [0.05, 0.1) is 18.7 Å². The van der Waals surface area contributed by atoms with E-state index in [2.05, 4.69) is 5.32 Å². The third-order valence-electron chi connectivity index (χ3n) is 2.85. The first-order valence-corrected chi connectivity index (χ1v) is 6.58. The number of halogens is 2. The highest BCUT2D eigenvalue weighted by molar-refractivity contribution is 5.79. The summed E-state index contributed by atoms with van der Waals surface area (Å²) in [5.74, 6) is -3.51. The van der Waals surface area contributed by atoms with E-state index in [1.165, 1.54) is 12.3 Å². The molecule has 1 aromatic heterocycles. The second-order valence-electron chi connectivity index (χ2n) is 4.60. The summed E-state index contributed by atoms with van der Waals surface area (Å²) in [7, 11) is 0. The van der Waals surface area contributed by atoms with Crippen molar-refractivity contribution < 1.29 is 32.6 Å². The molecule has 0 fully saturated rings. The summed E-state index contributed by atoms with van der Waals surface area (Å²) in [4.78, 5) is 22.6. The van der Waals surface area contributed by atoms with Gasteiger partial charge in [-0.15, -0.1) is 0 Å². The predicted molar refractivity (Wildman–Crippen MR) is 73.7 cm³/mol. The fourth-order valence-electron chi connectivity index (χ4n) is 1.86. The van der Waals surface area contributed by atoms with Gasteiger partial charge in [0.2, 0.25) is 0 Å². The van der Waals surface area contributed by atoms with E-state index in [0.29, 0.717) is 6.07 Å². The maximum absolute atomic E-state index is 13.4. The molecule has 0 saturated heterocycles. The molecular formula is C15H13F2NO5. The minimum absolute atomic E-state index is 0.272. The van der Waals surface area contributed by atoms with Gasteiger partial charge in [-0.05, 0) is 24.3 Å². The number of carboxylic acid groups (broad SMARTS) is 1. The van der Waals surface area contributed by atoms with E-state index in [1.807, 2.05) is 0 Å². The molecule has 8 heteroatoms. The van der Waals surface area contributed by atoms with Crippen molar-refractivity contribution in [3.05, 3.63) is 54.0 Å². The van der Waals surface area contributed by atoms with Gasteiger partial charge in [-0.3, -0.25) is 9.59 Å². The van der Waals surface area contributed by atoms with Gasteiger partial charge in [0.25, 0.3) is 5.91 Å². The molecule has 0 spiro atoms. The van der Waals surface area contributed by atoms with Crippen molar-refractivity contribution in [1.82, 2.24) is 5.32 Å². The minimum Gasteiger partial charge on any atom is -0.481 e. The van der Waals surface area contributed by atoms with Crippen LogP contribution in [0, 0.1) is 11.6 Å². The molecule has 6 nitrogen and oxygen atoms in total. The molecule has 2 N–H and O–H groups in total. The van der Waals surface area contributed by atoms with Crippen LogP contribution in [0.4, 0.5) is 8.78 Å². The van der Waals surface area contributed by atoms with Crippen LogP contribution in [0.25, 0.3) is 0 Å². The zero-order chi connectivity index (χ0) is 16.8. The van der Waals surface area contributed by atoms with Crippen molar-refractivity contribution in [2.24, 2.45) is 0 Å². The van der Waals surface area contributed by atoms with Gasteiger partial charge in [-0.2, -0.15) is 0 Å². The Morgan fingerprint density at radius 3 is 2.70 bits per heavy atom. The molecule has 0 unspecified atom stereocenters. The lowest BCUT2D eigenvalue weighted by atomic mass is 10.1. The second-order valence-corrected chi connectivity index (χ2v) is 4.60. The molecule has 0 aliphatic rings. The van der Waals surface area contributed by atoms with Crippen LogP contribution in [0.15, 0.2) is 41.0 Å². The van der Waals surface area contributed by atoms with Gasteiger partial charge >= 0.3 is 5.97 Å². The molecule has 2 aromatic rings. The topological polar surface area (TPSA) is 88.8 Å². The Morgan fingerprint density at radius 1 is 1.30 bits per heavy atom. The summed E-state index contributed by atoms with van der Waals surface area (Å²) in [6.07, 6.45) is 0.963. The summed E-state index contributed by atoms with van der Waals surface area (Å²) in [5, 5.41) is 11.3. The molecule has 1 aromatic carbocycles. The number of rotatable bonds is 7. The Labute approximate surface area is 129 Å². The normalized spacial score (nSPS) is 11.7. The van der Waals surface area contributed by atoms with Crippen LogP contribution >= 0.6 is 0 Å². The highest BCUT2D eigenvalue weighted by Gasteiger charge is 2.21. The summed E-state index contributed by atoms with van der Waals surface area (Å²) in [6.45, 7) is -0.556. The standard InChI is InChI=1S/C15H13F2NO5/c16-9-3-4-12(10(17)6-9)23-8-14(19)18-11(7-15(20)21)13-2-1-5-22-13/h1-6,11H,7-8H2,(H,18,19)(H,20,21)/t11-/m0/s1. The van der Waals surface area contributed by atoms with Gasteiger partial charge in [0.15, 0.2) is 18.2 Å². The van der Waals surface area contributed by atoms with Crippen molar-refractivity contribution in [3.63, 3.8) is 0 Å². The van der Waals surface area contributed by atoms with Crippen LogP contribution in [-0.4, -0.2) is 23.6 Å². The van der Waals surface area contributed by atoms with Crippen LogP contribution in [0.5, 0.6) is 5.75 Å². The lowest BCUT2D eigenvalue weighted by molar-refractivity contribution is -0.138. The smallest absolute Gasteiger partial charge is 0.305 e. The molecule has 2 rings (SSSR count). The molecular weight excluding hydrogens is 312 g/mol. The largest absolute Gasteiger partial charge is 0.481 e. The number of ether oxygens (including phenoxy) is 1. The van der Waals surface area contributed by atoms with Crippen molar-refractivity contribution in [1.29, 1.82) is 0 Å². The molecule has 23 heavy (non-hydrogen) atoms. The number of carbonyl (C=O) groups is 2. The number of benzene rings is 1. The van der Waals surface area contributed by atoms with Crippen LogP contribution < -0.4 is 10.1 Å². The number of carboxylic acids is 1. The zero-order valence-electron chi connectivity index (χ0n) is 11.8. The van der Waals surface area contributed by atoms with Gasteiger partial charge in [0, 0.05) is 6.07 Å². The van der Waals surface area contributed by atoms with Crippen molar-refractivity contribution in [3.8, 4) is 5.75 Å². The van der Waals surface area contributed by atoms with Gasteiger partial charge in [-0.25, -0.2) is 8.78 Å². The maximum Gasteiger partial charge on any atom is 0.305 e. The molecule has 1 heterocycles. The SMILES string of the molecule is O=C(O)C[C@H](NC(=O)COc1ccc(F)cc1F)c1ccco1. The first-order valence-electron chi connectivity index (χ1n) is 6.58. The average Bonchev–Trinajstić information content (AvgIpc) is 2.99. The lowest BCUT2D eigenvalue weighted by Gasteiger charge is -2.15. The Bertz CT molecular complexity index is 687. The minimum atomic E-state index is -1.13. The summed E-state index contributed by atoms with van der Waals surface area (Å²) >= 11 is 0. The quantitative estimate of drug-likeness (QED) is 0.815. The highest BCUT2D eigenvalue weighted by atomic mass is 19.1. The summed E-state index contributed by atoms with van der Waals surface area (Å²) in [5.41, 5.74) is 0. The van der Waals surface area contributed by atoms with E-state index >= 15 is 0 Å². The fourth-order valence-corrected chi connectivity index (χ4v) is 1.86. The first-order chi connectivity index (χ1) is 11.0. The van der Waals surface area contributed by atoms with Crippen molar-refractivity contribution in [2.75, 3.05) is 6.61 Å². The average molecular weight is 325 g/mol. The van der Waals surface area contributed by atoms with E-state index in [1.54, 1.807) is 6.07 Å². The van der Waals surface area contributed by atoms with Crippen LogP contribution in [0.3, 0.4) is 0 Å². The van der Waals surface area contributed by atoms with Crippen molar-refractivity contribution in [2.45, 2.75) is 12.5 Å². The Morgan fingerprint density at radius 2 is 2.09 bits per heavy atom. The van der Waals surface area contributed by atoms with Gasteiger partial charge in [-0.1, -0.05) is 0 Å². The number of nitrogens with one attached hydrogen (secondary N) is 1. The maximum atomic E-state index is 13.4. The number of amides is 1. The lowest BCUT2D eigenvalue weighted by Crippen LogP contribution is -2.33. The number of aliphatic carboxylic acids is 1.